The Hall–Kier alpha value is -3.51. The summed E-state index contributed by atoms with van der Waals surface area (Å²) in [5.41, 5.74) is 4.32. The number of benzene rings is 3. The van der Waals surface area contributed by atoms with Gasteiger partial charge >= 0.3 is 5.97 Å². The van der Waals surface area contributed by atoms with Crippen LogP contribution in [0.25, 0.3) is 10.9 Å². The number of nitrogens with one attached hydrogen (secondary N) is 2. The average molecular weight is 491 g/mol. The van der Waals surface area contributed by atoms with E-state index in [4.69, 9.17) is 9.47 Å². The minimum absolute atomic E-state index is 0.336. The van der Waals surface area contributed by atoms with Gasteiger partial charge < -0.3 is 19.8 Å². The first-order chi connectivity index (χ1) is 15.6. The van der Waals surface area contributed by atoms with Crippen LogP contribution in [0.5, 0.6) is 5.75 Å². The number of para-hydroxylation sites is 1. The lowest BCUT2D eigenvalue weighted by molar-refractivity contribution is -0.136. The molecule has 0 fully saturated rings. The standard InChI is InChI=1S/C26H23BrN2O3/c1-31-20-13-11-19(12-14-20)28-16-23(26(30)32-2)25(17-7-9-18(27)10-8-17)22-15-29-24-6-4-3-5-21(22)24/h3-16,25,28-29H,1-2H3/b23-16-. The molecular weight excluding hydrogens is 468 g/mol. The van der Waals surface area contributed by atoms with E-state index < -0.39 is 5.97 Å². The maximum atomic E-state index is 13.0. The van der Waals surface area contributed by atoms with Crippen molar-refractivity contribution in [2.24, 2.45) is 0 Å². The Bertz CT molecular complexity index is 1240. The molecule has 1 aromatic heterocycles. The minimum atomic E-state index is -0.399. The summed E-state index contributed by atoms with van der Waals surface area (Å²) in [6.45, 7) is 0. The van der Waals surface area contributed by atoms with Crippen molar-refractivity contribution in [1.29, 1.82) is 0 Å². The predicted octanol–water partition coefficient (Wildman–Crippen LogP) is 6.24. The van der Waals surface area contributed by atoms with E-state index in [1.165, 1.54) is 7.11 Å². The van der Waals surface area contributed by atoms with Crippen LogP contribution >= 0.6 is 15.9 Å². The van der Waals surface area contributed by atoms with Crippen LogP contribution in [0.1, 0.15) is 17.0 Å². The number of hydrogen-bond donors (Lipinski definition) is 2. The van der Waals surface area contributed by atoms with Crippen molar-refractivity contribution in [3.05, 3.63) is 106 Å². The highest BCUT2D eigenvalue weighted by Crippen LogP contribution is 2.37. The summed E-state index contributed by atoms with van der Waals surface area (Å²) in [6, 6.07) is 23.5. The van der Waals surface area contributed by atoms with Gasteiger partial charge in [-0.15, -0.1) is 0 Å². The normalized spacial score (nSPS) is 12.4. The van der Waals surface area contributed by atoms with Crippen LogP contribution in [0.3, 0.4) is 0 Å². The van der Waals surface area contributed by atoms with E-state index in [0.29, 0.717) is 5.57 Å². The topological polar surface area (TPSA) is 63.4 Å². The van der Waals surface area contributed by atoms with Crippen molar-refractivity contribution in [1.82, 2.24) is 4.98 Å². The number of carbonyl (C=O) groups excluding carboxylic acids is 1. The quantitative estimate of drug-likeness (QED) is 0.237. The Balaban J connectivity index is 1.83. The van der Waals surface area contributed by atoms with Gasteiger partial charge in [0.25, 0.3) is 0 Å². The summed E-state index contributed by atoms with van der Waals surface area (Å²) < 4.78 is 11.4. The average Bonchev–Trinajstić information content (AvgIpc) is 3.26. The summed E-state index contributed by atoms with van der Waals surface area (Å²) in [6.07, 6.45) is 3.68. The third kappa shape index (κ3) is 4.55. The third-order valence-electron chi connectivity index (χ3n) is 5.35. The lowest BCUT2D eigenvalue weighted by atomic mass is 9.85. The third-order valence-corrected chi connectivity index (χ3v) is 5.88. The first-order valence-corrected chi connectivity index (χ1v) is 10.9. The van der Waals surface area contributed by atoms with E-state index in [1.54, 1.807) is 13.3 Å². The molecule has 32 heavy (non-hydrogen) atoms. The molecule has 5 nitrogen and oxygen atoms in total. The van der Waals surface area contributed by atoms with Crippen molar-refractivity contribution >= 4 is 38.5 Å². The van der Waals surface area contributed by atoms with Gasteiger partial charge in [0.2, 0.25) is 0 Å². The lowest BCUT2D eigenvalue weighted by Crippen LogP contribution is -2.16. The zero-order chi connectivity index (χ0) is 22.5. The zero-order valence-electron chi connectivity index (χ0n) is 17.8. The molecule has 1 heterocycles. The van der Waals surface area contributed by atoms with E-state index in [1.807, 2.05) is 72.9 Å². The highest BCUT2D eigenvalue weighted by molar-refractivity contribution is 9.10. The molecule has 4 rings (SSSR count). The van der Waals surface area contributed by atoms with Gasteiger partial charge in [0.1, 0.15) is 5.75 Å². The second-order valence-electron chi connectivity index (χ2n) is 7.24. The van der Waals surface area contributed by atoms with Crippen LogP contribution in [0.2, 0.25) is 0 Å². The fourth-order valence-corrected chi connectivity index (χ4v) is 4.01. The summed E-state index contributed by atoms with van der Waals surface area (Å²) >= 11 is 3.50. The van der Waals surface area contributed by atoms with Gasteiger partial charge in [-0.05, 0) is 53.6 Å². The second kappa shape index (κ2) is 9.75. The number of anilines is 1. The first kappa shape index (κ1) is 21.7. The number of aromatic nitrogens is 1. The molecule has 0 bridgehead atoms. The molecule has 6 heteroatoms. The minimum Gasteiger partial charge on any atom is -0.497 e. The van der Waals surface area contributed by atoms with Gasteiger partial charge in [0.05, 0.1) is 19.8 Å². The monoisotopic (exact) mass is 490 g/mol. The number of ether oxygens (including phenoxy) is 2. The number of aromatic amines is 1. The van der Waals surface area contributed by atoms with Crippen LogP contribution in [-0.2, 0) is 9.53 Å². The fourth-order valence-electron chi connectivity index (χ4n) is 3.74. The number of rotatable bonds is 7. The number of esters is 1. The van der Waals surface area contributed by atoms with E-state index in [2.05, 4.69) is 32.3 Å². The number of fused-ring (bicyclic) bond motifs is 1. The van der Waals surface area contributed by atoms with Crippen LogP contribution in [-0.4, -0.2) is 25.2 Å². The molecule has 0 saturated heterocycles. The van der Waals surface area contributed by atoms with Gasteiger partial charge in [-0.3, -0.25) is 0 Å². The summed E-state index contributed by atoms with van der Waals surface area (Å²) in [5.74, 6) is 0.0286. The van der Waals surface area contributed by atoms with Gasteiger partial charge in [-0.2, -0.15) is 0 Å². The van der Waals surface area contributed by atoms with Crippen molar-refractivity contribution < 1.29 is 14.3 Å². The maximum Gasteiger partial charge on any atom is 0.336 e. The zero-order valence-corrected chi connectivity index (χ0v) is 19.3. The van der Waals surface area contributed by atoms with Crippen molar-refractivity contribution in [2.75, 3.05) is 19.5 Å². The van der Waals surface area contributed by atoms with Crippen molar-refractivity contribution in [2.45, 2.75) is 5.92 Å². The number of halogens is 1. The van der Waals surface area contributed by atoms with Crippen LogP contribution < -0.4 is 10.1 Å². The van der Waals surface area contributed by atoms with E-state index in [0.717, 1.165) is 37.9 Å². The molecule has 1 atom stereocenters. The first-order valence-electron chi connectivity index (χ1n) is 10.1. The molecule has 3 aromatic carbocycles. The number of carbonyl (C=O) groups is 1. The number of hydrogen-bond acceptors (Lipinski definition) is 4. The molecule has 2 N–H and O–H groups in total. The molecular formula is C26H23BrN2O3. The van der Waals surface area contributed by atoms with Crippen molar-refractivity contribution in [3.8, 4) is 5.75 Å². The SMILES string of the molecule is COC(=O)/C(=C\Nc1ccc(OC)cc1)C(c1ccc(Br)cc1)c1c[nH]c2ccccc12. The van der Waals surface area contributed by atoms with Crippen LogP contribution in [0, 0.1) is 0 Å². The van der Waals surface area contributed by atoms with Crippen molar-refractivity contribution in [3.63, 3.8) is 0 Å². The molecule has 0 aliphatic heterocycles. The van der Waals surface area contributed by atoms with E-state index in [9.17, 15) is 4.79 Å². The largest absolute Gasteiger partial charge is 0.497 e. The smallest absolute Gasteiger partial charge is 0.336 e. The van der Waals surface area contributed by atoms with E-state index in [-0.39, 0.29) is 5.92 Å². The lowest BCUT2D eigenvalue weighted by Gasteiger charge is -2.20. The molecule has 0 saturated carbocycles. The Kier molecular flexibility index (Phi) is 6.61. The molecule has 0 amide bonds. The molecule has 0 aliphatic carbocycles. The maximum absolute atomic E-state index is 13.0. The van der Waals surface area contributed by atoms with Gasteiger partial charge in [0.15, 0.2) is 0 Å². The Morgan fingerprint density at radius 3 is 2.41 bits per heavy atom. The Labute approximate surface area is 195 Å². The van der Waals surface area contributed by atoms with E-state index >= 15 is 0 Å². The fraction of sp³-hybridized carbons (Fsp3) is 0.115. The Morgan fingerprint density at radius 2 is 1.72 bits per heavy atom. The molecule has 0 spiro atoms. The van der Waals surface area contributed by atoms with Crippen LogP contribution in [0.15, 0.2) is 95.2 Å². The van der Waals surface area contributed by atoms with Gasteiger partial charge in [0, 0.05) is 39.4 Å². The second-order valence-corrected chi connectivity index (χ2v) is 8.15. The highest BCUT2D eigenvalue weighted by atomic mass is 79.9. The van der Waals surface area contributed by atoms with Gasteiger partial charge in [-0.1, -0.05) is 46.3 Å². The molecule has 1 unspecified atom stereocenters. The highest BCUT2D eigenvalue weighted by Gasteiger charge is 2.27. The number of H-pyrrole nitrogens is 1. The molecule has 162 valence electrons. The van der Waals surface area contributed by atoms with Gasteiger partial charge in [-0.25, -0.2) is 4.79 Å². The summed E-state index contributed by atoms with van der Waals surface area (Å²) in [5, 5.41) is 4.30. The predicted molar refractivity (Wildman–Crippen MR) is 131 cm³/mol. The van der Waals surface area contributed by atoms with Crippen LogP contribution in [0.4, 0.5) is 5.69 Å². The number of methoxy groups -OCH3 is 2. The molecule has 4 aromatic rings. The summed E-state index contributed by atoms with van der Waals surface area (Å²) in [7, 11) is 3.03. The summed E-state index contributed by atoms with van der Waals surface area (Å²) in [4.78, 5) is 16.3. The Morgan fingerprint density at radius 1 is 1.00 bits per heavy atom. The molecule has 0 aliphatic rings. The molecule has 0 radical (unpaired) electrons.